The number of carboxylic acids is 1. The van der Waals surface area contributed by atoms with Gasteiger partial charge in [-0.2, -0.15) is 5.26 Å². The van der Waals surface area contributed by atoms with Crippen molar-refractivity contribution in [1.29, 1.82) is 5.26 Å². The van der Waals surface area contributed by atoms with Gasteiger partial charge >= 0.3 is 5.97 Å². The Morgan fingerprint density at radius 3 is 2.40 bits per heavy atom. The zero-order chi connectivity index (χ0) is 34.3. The maximum Gasteiger partial charge on any atom is 0.329 e. The van der Waals surface area contributed by atoms with Crippen molar-refractivity contribution in [2.75, 3.05) is 49.4 Å². The van der Waals surface area contributed by atoms with Crippen molar-refractivity contribution < 1.29 is 37.3 Å². The molecule has 1 heterocycles. The van der Waals surface area contributed by atoms with Crippen LogP contribution in [0, 0.1) is 11.3 Å². The molecule has 1 aromatic heterocycles. The number of benzene rings is 2. The van der Waals surface area contributed by atoms with E-state index in [1.165, 1.54) is 6.20 Å². The van der Waals surface area contributed by atoms with Gasteiger partial charge in [0, 0.05) is 24.8 Å². The fraction of sp³-hybridized carbons (Fsp3) is 0.438. The predicted octanol–water partition coefficient (Wildman–Crippen LogP) is 5.55. The quantitative estimate of drug-likeness (QED) is 0.105. The van der Waals surface area contributed by atoms with Crippen LogP contribution in [-0.2, 0) is 36.3 Å². The number of anilines is 1. The average molecular weight is 710 g/mol. The molecule has 3 aromatic rings. The first-order valence-corrected chi connectivity index (χ1v) is 17.4. The van der Waals surface area contributed by atoms with Crippen LogP contribution in [0.3, 0.4) is 0 Å². The molecule has 12 nitrogen and oxygen atoms in total. The number of carbonyl (C=O) groups is 1. The van der Waals surface area contributed by atoms with Gasteiger partial charge in [0.25, 0.3) is 0 Å². The highest BCUT2D eigenvalue weighted by Gasteiger charge is 2.26. The standard InChI is InChI=1S/C32H38Cl2N4O8S/c1-32(2,25-18-23(20-35)30(28(34)19-25)45-15-11-33)24-6-8-27(9-7-24)46-21-26-10-12-36-31(37-26)38-47(41,42)17-16-43-13-4-3-5-14-44-22-29(39)40/h6-10,12,18-19H,3-5,11,13-17,21-22H2,1-2H3,(H,39,40)(H,36,37,38). The lowest BCUT2D eigenvalue weighted by Crippen LogP contribution is -2.22. The zero-order valence-corrected chi connectivity index (χ0v) is 28.5. The predicted molar refractivity (Wildman–Crippen MR) is 178 cm³/mol. The Labute approximate surface area is 285 Å². The van der Waals surface area contributed by atoms with E-state index in [4.69, 9.17) is 47.3 Å². The number of hydrogen-bond acceptors (Lipinski definition) is 10. The summed E-state index contributed by atoms with van der Waals surface area (Å²) in [5, 5.41) is 18.5. The summed E-state index contributed by atoms with van der Waals surface area (Å²) in [5.74, 6) is -0.173. The Balaban J connectivity index is 1.49. The normalized spacial score (nSPS) is 11.6. The van der Waals surface area contributed by atoms with Crippen molar-refractivity contribution in [1.82, 2.24) is 9.97 Å². The monoisotopic (exact) mass is 708 g/mol. The lowest BCUT2D eigenvalue weighted by Gasteiger charge is -2.27. The number of nitrogens with zero attached hydrogens (tertiary/aromatic N) is 3. The van der Waals surface area contributed by atoms with Crippen LogP contribution in [0.5, 0.6) is 11.5 Å². The van der Waals surface area contributed by atoms with E-state index < -0.39 is 21.4 Å². The number of aliphatic carboxylic acids is 1. The molecule has 0 saturated heterocycles. The molecule has 0 aliphatic rings. The second-order valence-corrected chi connectivity index (χ2v) is 13.5. The van der Waals surface area contributed by atoms with E-state index in [0.717, 1.165) is 17.5 Å². The third-order valence-corrected chi connectivity index (χ3v) is 8.56. The first-order valence-electron chi connectivity index (χ1n) is 14.8. The van der Waals surface area contributed by atoms with Gasteiger partial charge in [0.15, 0.2) is 5.75 Å². The molecule has 47 heavy (non-hydrogen) atoms. The summed E-state index contributed by atoms with van der Waals surface area (Å²) in [5.41, 5.74) is 2.11. The Morgan fingerprint density at radius 1 is 1.00 bits per heavy atom. The molecule has 3 rings (SSSR count). The second kappa shape index (κ2) is 18.6. The maximum absolute atomic E-state index is 12.5. The Bertz CT molecular complexity index is 1620. The van der Waals surface area contributed by atoms with Gasteiger partial charge in [0.05, 0.1) is 34.5 Å². The molecule has 0 bridgehead atoms. The first-order chi connectivity index (χ1) is 22.4. The van der Waals surface area contributed by atoms with Crippen LogP contribution in [0.15, 0.2) is 48.7 Å². The largest absolute Gasteiger partial charge is 0.489 e. The van der Waals surface area contributed by atoms with Crippen molar-refractivity contribution in [3.63, 3.8) is 0 Å². The Kier molecular flexibility index (Phi) is 15.0. The molecule has 0 radical (unpaired) electrons. The number of nitrogens with one attached hydrogen (secondary N) is 1. The highest BCUT2D eigenvalue weighted by Crippen LogP contribution is 2.38. The highest BCUT2D eigenvalue weighted by atomic mass is 35.5. The van der Waals surface area contributed by atoms with Gasteiger partial charge in [0.2, 0.25) is 16.0 Å². The van der Waals surface area contributed by atoms with Crippen molar-refractivity contribution in [3.05, 3.63) is 76.1 Å². The summed E-state index contributed by atoms with van der Waals surface area (Å²) in [7, 11) is -3.74. The van der Waals surface area contributed by atoms with E-state index in [-0.39, 0.29) is 44.0 Å². The summed E-state index contributed by atoms with van der Waals surface area (Å²) in [4.78, 5) is 18.6. The minimum atomic E-state index is -3.74. The van der Waals surface area contributed by atoms with Crippen LogP contribution in [0.25, 0.3) is 0 Å². The van der Waals surface area contributed by atoms with E-state index in [9.17, 15) is 18.5 Å². The number of carboxylic acid groups (broad SMARTS) is 1. The Hall–Kier alpha value is -3.67. The van der Waals surface area contributed by atoms with Crippen molar-refractivity contribution in [3.8, 4) is 17.6 Å². The Morgan fingerprint density at radius 2 is 1.72 bits per heavy atom. The number of rotatable bonds is 21. The van der Waals surface area contributed by atoms with E-state index in [1.807, 2.05) is 38.1 Å². The molecule has 0 amide bonds. The third-order valence-electron chi connectivity index (χ3n) is 6.93. The van der Waals surface area contributed by atoms with Crippen LogP contribution in [0.1, 0.15) is 55.5 Å². The van der Waals surface area contributed by atoms with Gasteiger partial charge in [-0.3, -0.25) is 4.72 Å². The highest BCUT2D eigenvalue weighted by molar-refractivity contribution is 7.92. The lowest BCUT2D eigenvalue weighted by atomic mass is 9.77. The summed E-state index contributed by atoms with van der Waals surface area (Å²) in [6, 6.07) is 14.8. The molecule has 15 heteroatoms. The van der Waals surface area contributed by atoms with E-state index in [0.29, 0.717) is 53.8 Å². The van der Waals surface area contributed by atoms with E-state index in [2.05, 4.69) is 20.8 Å². The van der Waals surface area contributed by atoms with Gasteiger partial charge in [0.1, 0.15) is 31.6 Å². The molecule has 0 aliphatic carbocycles. The van der Waals surface area contributed by atoms with Crippen LogP contribution in [-0.4, -0.2) is 74.1 Å². The van der Waals surface area contributed by atoms with Crippen LogP contribution < -0.4 is 14.2 Å². The summed E-state index contributed by atoms with van der Waals surface area (Å²) in [6.07, 6.45) is 3.61. The number of hydrogen-bond donors (Lipinski definition) is 2. The van der Waals surface area contributed by atoms with Gasteiger partial charge in [-0.15, -0.1) is 11.6 Å². The SMILES string of the molecule is CC(C)(c1ccc(OCc2ccnc(NS(=O)(=O)CCOCCCCCOCC(=O)O)n2)cc1)c1cc(Cl)c(OCCCl)c(C#N)c1. The van der Waals surface area contributed by atoms with Crippen molar-refractivity contribution in [2.45, 2.75) is 45.1 Å². The number of halogens is 2. The topological polar surface area (TPSA) is 170 Å². The first kappa shape index (κ1) is 37.8. The molecule has 254 valence electrons. The number of aromatic nitrogens is 2. The fourth-order valence-corrected chi connectivity index (χ4v) is 5.51. The lowest BCUT2D eigenvalue weighted by molar-refractivity contribution is -0.142. The summed E-state index contributed by atoms with van der Waals surface area (Å²) in [6.45, 7) is 4.78. The molecule has 2 aromatic carbocycles. The molecule has 2 N–H and O–H groups in total. The van der Waals surface area contributed by atoms with Crippen molar-refractivity contribution in [2.24, 2.45) is 0 Å². The molecular weight excluding hydrogens is 671 g/mol. The van der Waals surface area contributed by atoms with Crippen LogP contribution in [0.2, 0.25) is 5.02 Å². The molecule has 0 spiro atoms. The van der Waals surface area contributed by atoms with Gasteiger partial charge in [-0.05, 0) is 60.7 Å². The minimum Gasteiger partial charge on any atom is -0.489 e. The molecule has 0 aliphatic heterocycles. The third kappa shape index (κ3) is 12.5. The molecule has 0 saturated carbocycles. The van der Waals surface area contributed by atoms with Crippen LogP contribution in [0.4, 0.5) is 5.95 Å². The number of nitriles is 1. The van der Waals surface area contributed by atoms with Gasteiger partial charge in [-0.1, -0.05) is 37.6 Å². The molecular formula is C32H38Cl2N4O8S. The van der Waals surface area contributed by atoms with Gasteiger partial charge < -0.3 is 24.1 Å². The van der Waals surface area contributed by atoms with E-state index >= 15 is 0 Å². The smallest absolute Gasteiger partial charge is 0.329 e. The van der Waals surface area contributed by atoms with Crippen molar-refractivity contribution >= 4 is 45.1 Å². The average Bonchev–Trinajstić information content (AvgIpc) is 3.03. The number of alkyl halides is 1. The molecule has 0 fully saturated rings. The van der Waals surface area contributed by atoms with E-state index in [1.54, 1.807) is 18.2 Å². The number of sulfonamides is 1. The molecule has 0 atom stereocenters. The fourth-order valence-electron chi connectivity index (χ4n) is 4.35. The minimum absolute atomic E-state index is 0.00125. The summed E-state index contributed by atoms with van der Waals surface area (Å²) >= 11 is 12.2. The number of ether oxygens (including phenoxy) is 4. The second-order valence-electron chi connectivity index (χ2n) is 10.8. The van der Waals surface area contributed by atoms with Crippen LogP contribution >= 0.6 is 23.2 Å². The van der Waals surface area contributed by atoms with Gasteiger partial charge in [-0.25, -0.2) is 23.2 Å². The summed E-state index contributed by atoms with van der Waals surface area (Å²) < 4.78 is 49.1. The maximum atomic E-state index is 12.5. The zero-order valence-electron chi connectivity index (χ0n) is 26.2. The number of unbranched alkanes of at least 4 members (excludes halogenated alkanes) is 2. The molecule has 0 unspecified atom stereocenters.